The Labute approximate surface area is 113 Å². The van der Waals surface area contributed by atoms with Crippen molar-refractivity contribution < 1.29 is 19.6 Å². The van der Waals surface area contributed by atoms with E-state index < -0.39 is 17.0 Å². The number of hydrogen-bond donors (Lipinski definition) is 1. The van der Waals surface area contributed by atoms with E-state index in [0.29, 0.717) is 23.5 Å². The van der Waals surface area contributed by atoms with Crippen LogP contribution in [-0.2, 0) is 9.53 Å². The van der Waals surface area contributed by atoms with Crippen molar-refractivity contribution in [3.8, 4) is 0 Å². The zero-order valence-corrected chi connectivity index (χ0v) is 10.8. The van der Waals surface area contributed by atoms with Gasteiger partial charge in [0.1, 0.15) is 0 Å². The predicted molar refractivity (Wildman–Crippen MR) is 69.4 cm³/mol. The van der Waals surface area contributed by atoms with E-state index in [-0.39, 0.29) is 11.8 Å². The molecule has 1 aliphatic heterocycles. The number of nitrogens with zero attached hydrogens (tertiary/aromatic N) is 1. The Balaban J connectivity index is 1.93. The van der Waals surface area contributed by atoms with Gasteiger partial charge in [0, 0.05) is 11.8 Å². The molecular weight excluding hydrogens is 270 g/mol. The highest BCUT2D eigenvalue weighted by molar-refractivity contribution is 7.99. The standard InChI is InChI=1S/C12H13NO5S/c14-12(15)10-6-5-8(18-10)7-19-11-4-2-1-3-9(11)13(16)17/h1-4,8,10H,5-7H2,(H,14,15). The van der Waals surface area contributed by atoms with Gasteiger partial charge in [-0.25, -0.2) is 4.79 Å². The van der Waals surface area contributed by atoms with Crippen molar-refractivity contribution in [3.63, 3.8) is 0 Å². The summed E-state index contributed by atoms with van der Waals surface area (Å²) in [6, 6.07) is 6.50. The molecule has 2 atom stereocenters. The highest BCUT2D eigenvalue weighted by atomic mass is 32.2. The van der Waals surface area contributed by atoms with Gasteiger partial charge in [-0.2, -0.15) is 0 Å². The minimum Gasteiger partial charge on any atom is -0.479 e. The van der Waals surface area contributed by atoms with Gasteiger partial charge in [0.25, 0.3) is 5.69 Å². The van der Waals surface area contributed by atoms with Gasteiger partial charge in [-0.3, -0.25) is 10.1 Å². The number of nitro benzene ring substituents is 1. The fourth-order valence-electron chi connectivity index (χ4n) is 1.92. The number of carboxylic acid groups (broad SMARTS) is 1. The van der Waals surface area contributed by atoms with Gasteiger partial charge in [0.15, 0.2) is 6.10 Å². The summed E-state index contributed by atoms with van der Waals surface area (Å²) in [5.74, 6) is -0.424. The number of thioether (sulfide) groups is 1. The van der Waals surface area contributed by atoms with E-state index in [4.69, 9.17) is 9.84 Å². The number of rotatable bonds is 5. The van der Waals surface area contributed by atoms with E-state index in [9.17, 15) is 14.9 Å². The van der Waals surface area contributed by atoms with E-state index in [0.717, 1.165) is 0 Å². The number of carboxylic acids is 1. The Morgan fingerprint density at radius 2 is 2.21 bits per heavy atom. The Hall–Kier alpha value is -1.60. The Bertz CT molecular complexity index is 493. The van der Waals surface area contributed by atoms with Crippen LogP contribution in [0.2, 0.25) is 0 Å². The maximum Gasteiger partial charge on any atom is 0.332 e. The van der Waals surface area contributed by atoms with Gasteiger partial charge >= 0.3 is 5.97 Å². The Morgan fingerprint density at radius 3 is 2.84 bits per heavy atom. The summed E-state index contributed by atoms with van der Waals surface area (Å²) in [6.07, 6.45) is 0.268. The zero-order chi connectivity index (χ0) is 13.8. The van der Waals surface area contributed by atoms with Crippen molar-refractivity contribution in [2.24, 2.45) is 0 Å². The molecule has 102 valence electrons. The number of para-hydroxylation sites is 1. The van der Waals surface area contributed by atoms with Gasteiger partial charge in [-0.1, -0.05) is 12.1 Å². The largest absolute Gasteiger partial charge is 0.479 e. The van der Waals surface area contributed by atoms with Gasteiger partial charge in [0.05, 0.1) is 15.9 Å². The molecule has 7 heteroatoms. The Kier molecular flexibility index (Phi) is 4.39. The van der Waals surface area contributed by atoms with Gasteiger partial charge in [-0.15, -0.1) is 11.8 Å². The third-order valence-electron chi connectivity index (χ3n) is 2.87. The lowest BCUT2D eigenvalue weighted by Crippen LogP contribution is -2.21. The molecule has 1 N–H and O–H groups in total. The maximum absolute atomic E-state index is 10.8. The summed E-state index contributed by atoms with van der Waals surface area (Å²) in [4.78, 5) is 21.7. The van der Waals surface area contributed by atoms with E-state index in [2.05, 4.69) is 0 Å². The summed E-state index contributed by atoms with van der Waals surface area (Å²) in [5, 5.41) is 19.7. The lowest BCUT2D eigenvalue weighted by molar-refractivity contribution is -0.387. The van der Waals surface area contributed by atoms with E-state index in [1.54, 1.807) is 18.2 Å². The van der Waals surface area contributed by atoms with Crippen molar-refractivity contribution in [3.05, 3.63) is 34.4 Å². The van der Waals surface area contributed by atoms with Crippen LogP contribution in [0.1, 0.15) is 12.8 Å². The first-order chi connectivity index (χ1) is 9.08. The molecule has 19 heavy (non-hydrogen) atoms. The summed E-state index contributed by atoms with van der Waals surface area (Å²) in [7, 11) is 0. The second kappa shape index (κ2) is 6.03. The number of nitro groups is 1. The van der Waals surface area contributed by atoms with Crippen LogP contribution in [0.4, 0.5) is 5.69 Å². The minimum atomic E-state index is -0.946. The molecule has 1 saturated heterocycles. The van der Waals surface area contributed by atoms with Crippen molar-refractivity contribution in [1.29, 1.82) is 0 Å². The van der Waals surface area contributed by atoms with Crippen molar-refractivity contribution in [2.75, 3.05) is 5.75 Å². The van der Waals surface area contributed by atoms with Gasteiger partial charge in [0.2, 0.25) is 0 Å². The number of carbonyl (C=O) groups is 1. The van der Waals surface area contributed by atoms with Crippen molar-refractivity contribution in [1.82, 2.24) is 0 Å². The topological polar surface area (TPSA) is 89.7 Å². The third kappa shape index (κ3) is 3.45. The first kappa shape index (κ1) is 13.8. The van der Waals surface area contributed by atoms with Crippen LogP contribution < -0.4 is 0 Å². The summed E-state index contributed by atoms with van der Waals surface area (Å²) < 4.78 is 5.35. The molecule has 1 aromatic rings. The molecule has 1 heterocycles. The van der Waals surface area contributed by atoms with Crippen LogP contribution >= 0.6 is 11.8 Å². The second-order valence-electron chi connectivity index (χ2n) is 4.20. The first-order valence-electron chi connectivity index (χ1n) is 5.82. The number of hydrogen-bond acceptors (Lipinski definition) is 5. The Morgan fingerprint density at radius 1 is 1.47 bits per heavy atom. The van der Waals surface area contributed by atoms with Crippen molar-refractivity contribution in [2.45, 2.75) is 29.9 Å². The average molecular weight is 283 g/mol. The SMILES string of the molecule is O=C(O)C1CCC(CSc2ccccc2[N+](=O)[O-])O1. The number of benzene rings is 1. The second-order valence-corrected chi connectivity index (χ2v) is 5.26. The van der Waals surface area contributed by atoms with Crippen LogP contribution in [0, 0.1) is 10.1 Å². The van der Waals surface area contributed by atoms with Crippen LogP contribution in [0.3, 0.4) is 0 Å². The molecule has 1 aliphatic rings. The predicted octanol–water partition coefficient (Wildman–Crippen LogP) is 2.32. The molecule has 6 nitrogen and oxygen atoms in total. The summed E-state index contributed by atoms with van der Waals surface area (Å²) in [5.41, 5.74) is 0.0697. The van der Waals surface area contributed by atoms with Crippen molar-refractivity contribution >= 4 is 23.4 Å². The number of ether oxygens (including phenoxy) is 1. The maximum atomic E-state index is 10.8. The van der Waals surface area contributed by atoms with E-state index in [1.165, 1.54) is 17.8 Å². The quantitative estimate of drug-likeness (QED) is 0.506. The molecule has 0 aliphatic carbocycles. The lowest BCUT2D eigenvalue weighted by atomic mass is 10.2. The van der Waals surface area contributed by atoms with Crippen LogP contribution in [-0.4, -0.2) is 34.0 Å². The fourth-order valence-corrected chi connectivity index (χ4v) is 3.00. The van der Waals surface area contributed by atoms with E-state index in [1.807, 2.05) is 0 Å². The molecule has 2 rings (SSSR count). The average Bonchev–Trinajstić information content (AvgIpc) is 2.85. The molecule has 0 amide bonds. The highest BCUT2D eigenvalue weighted by Gasteiger charge is 2.30. The summed E-state index contributed by atoms with van der Waals surface area (Å²) in [6.45, 7) is 0. The molecule has 2 unspecified atom stereocenters. The minimum absolute atomic E-state index is 0.0697. The molecule has 0 aromatic heterocycles. The van der Waals surface area contributed by atoms with E-state index >= 15 is 0 Å². The monoisotopic (exact) mass is 283 g/mol. The zero-order valence-electron chi connectivity index (χ0n) is 10.0. The van der Waals surface area contributed by atoms with Crippen LogP contribution in [0.15, 0.2) is 29.2 Å². The third-order valence-corrected chi connectivity index (χ3v) is 4.06. The lowest BCUT2D eigenvalue weighted by Gasteiger charge is -2.10. The number of aliphatic carboxylic acids is 1. The first-order valence-corrected chi connectivity index (χ1v) is 6.81. The van der Waals surface area contributed by atoms with Gasteiger partial charge < -0.3 is 9.84 Å². The van der Waals surface area contributed by atoms with Gasteiger partial charge in [-0.05, 0) is 18.9 Å². The molecule has 0 radical (unpaired) electrons. The molecule has 1 fully saturated rings. The smallest absolute Gasteiger partial charge is 0.332 e. The molecular formula is C12H13NO5S. The van der Waals surface area contributed by atoms with Crippen LogP contribution in [0.25, 0.3) is 0 Å². The molecule has 0 bridgehead atoms. The highest BCUT2D eigenvalue weighted by Crippen LogP contribution is 2.32. The molecule has 0 spiro atoms. The fraction of sp³-hybridized carbons (Fsp3) is 0.417. The normalized spacial score (nSPS) is 22.3. The molecule has 0 saturated carbocycles. The van der Waals surface area contributed by atoms with Crippen LogP contribution in [0.5, 0.6) is 0 Å². The molecule has 1 aromatic carbocycles. The summed E-state index contributed by atoms with van der Waals surface area (Å²) >= 11 is 1.33.